The summed E-state index contributed by atoms with van der Waals surface area (Å²) in [6.45, 7) is 2.22. The molecular formula is C37H29NO2. The van der Waals surface area contributed by atoms with Crippen LogP contribution in [-0.2, 0) is 6.42 Å². The molecular weight excluding hydrogens is 490 g/mol. The smallest absolute Gasteiger partial charge is 0.190 e. The Morgan fingerprint density at radius 3 is 2.20 bits per heavy atom. The Morgan fingerprint density at radius 1 is 0.675 bits per heavy atom. The van der Waals surface area contributed by atoms with E-state index in [0.717, 1.165) is 66.8 Å². The molecule has 0 fully saturated rings. The molecule has 1 aromatic heterocycles. The molecule has 7 rings (SSSR count). The molecule has 0 radical (unpaired) electrons. The van der Waals surface area contributed by atoms with E-state index in [1.807, 2.05) is 48.7 Å². The molecule has 0 aliphatic carbocycles. The molecule has 0 amide bonds. The van der Waals surface area contributed by atoms with Gasteiger partial charge in [-0.2, -0.15) is 0 Å². The van der Waals surface area contributed by atoms with Gasteiger partial charge >= 0.3 is 0 Å². The molecule has 6 aromatic carbocycles. The minimum absolute atomic E-state index is 0.0371. The van der Waals surface area contributed by atoms with E-state index in [0.29, 0.717) is 0 Å². The lowest BCUT2D eigenvalue weighted by atomic mass is 9.97. The van der Waals surface area contributed by atoms with Crippen molar-refractivity contribution in [2.24, 2.45) is 0 Å². The van der Waals surface area contributed by atoms with Crippen LogP contribution in [0.25, 0.3) is 48.9 Å². The normalized spacial score (nSPS) is 11.5. The summed E-state index contributed by atoms with van der Waals surface area (Å²) in [5, 5.41) is 7.13. The highest BCUT2D eigenvalue weighted by atomic mass is 16.5. The van der Waals surface area contributed by atoms with E-state index >= 15 is 0 Å². The van der Waals surface area contributed by atoms with Gasteiger partial charge in [0.2, 0.25) is 0 Å². The van der Waals surface area contributed by atoms with Gasteiger partial charge in [0.15, 0.2) is 5.43 Å². The van der Waals surface area contributed by atoms with Gasteiger partial charge in [-0.25, -0.2) is 0 Å². The molecule has 1 heterocycles. The van der Waals surface area contributed by atoms with Crippen molar-refractivity contribution < 1.29 is 4.74 Å². The molecule has 0 saturated heterocycles. The van der Waals surface area contributed by atoms with Gasteiger partial charge in [0.05, 0.1) is 10.9 Å². The van der Waals surface area contributed by atoms with Gasteiger partial charge in [0, 0.05) is 23.3 Å². The number of ether oxygens (including phenoxy) is 1. The summed E-state index contributed by atoms with van der Waals surface area (Å²) in [6, 6.07) is 39.3. The molecule has 0 spiro atoms. The molecule has 0 saturated carbocycles. The Kier molecular flexibility index (Phi) is 6.05. The molecule has 0 aliphatic heterocycles. The molecule has 0 aliphatic rings. The molecule has 3 heteroatoms. The number of pyridine rings is 1. The predicted octanol–water partition coefficient (Wildman–Crippen LogP) is 9.59. The lowest BCUT2D eigenvalue weighted by molar-refractivity contribution is 0.488. The van der Waals surface area contributed by atoms with Crippen LogP contribution in [0.4, 0.5) is 0 Å². The SMILES string of the molecule is CCCCc1ccc(-n2ccc(=O)c3c4cc5cc6cccc(Oc7ccccc7)c6cc5cc4ccc32)cc1. The molecule has 40 heavy (non-hydrogen) atoms. The van der Waals surface area contributed by atoms with Crippen molar-refractivity contribution in [2.45, 2.75) is 26.2 Å². The third-order valence-corrected chi connectivity index (χ3v) is 7.80. The molecule has 0 N–H and O–H groups in total. The fraction of sp³-hybridized carbons (Fsp3) is 0.108. The van der Waals surface area contributed by atoms with Crippen molar-refractivity contribution in [3.63, 3.8) is 0 Å². The van der Waals surface area contributed by atoms with Crippen LogP contribution in [0.1, 0.15) is 25.3 Å². The first-order valence-corrected chi connectivity index (χ1v) is 13.9. The second-order valence-electron chi connectivity index (χ2n) is 10.4. The van der Waals surface area contributed by atoms with Crippen molar-refractivity contribution in [3.8, 4) is 17.2 Å². The standard InChI is InChI=1S/C37H29NO2/c1-2-3-8-25-13-16-30(17-14-25)38-20-19-35(39)37-33-24-29-21-26-9-7-12-36(40-31-10-5-4-6-11-31)32(26)23-28(29)22-27(33)15-18-34(37)38/h4-7,9-24H,2-3,8H2,1H3. The van der Waals surface area contributed by atoms with Crippen molar-refractivity contribution >= 4 is 43.2 Å². The van der Waals surface area contributed by atoms with Crippen LogP contribution in [0.3, 0.4) is 0 Å². The molecule has 3 nitrogen and oxygen atoms in total. The van der Waals surface area contributed by atoms with Crippen LogP contribution in [0.2, 0.25) is 0 Å². The molecule has 0 atom stereocenters. The van der Waals surface area contributed by atoms with Gasteiger partial charge < -0.3 is 9.30 Å². The summed E-state index contributed by atoms with van der Waals surface area (Å²) in [4.78, 5) is 13.3. The van der Waals surface area contributed by atoms with E-state index in [-0.39, 0.29) is 5.43 Å². The Hall–Kier alpha value is -4.89. The third-order valence-electron chi connectivity index (χ3n) is 7.80. The van der Waals surface area contributed by atoms with Crippen LogP contribution in [0.15, 0.2) is 126 Å². The summed E-state index contributed by atoms with van der Waals surface area (Å²) >= 11 is 0. The maximum Gasteiger partial charge on any atom is 0.190 e. The van der Waals surface area contributed by atoms with E-state index in [4.69, 9.17) is 4.74 Å². The third kappa shape index (κ3) is 4.30. The summed E-state index contributed by atoms with van der Waals surface area (Å²) in [5.41, 5.74) is 3.36. The quantitative estimate of drug-likeness (QED) is 0.162. The highest BCUT2D eigenvalue weighted by Gasteiger charge is 2.12. The van der Waals surface area contributed by atoms with Gasteiger partial charge in [0.1, 0.15) is 11.5 Å². The lowest BCUT2D eigenvalue weighted by Gasteiger charge is -2.14. The molecule has 7 aromatic rings. The van der Waals surface area contributed by atoms with Crippen molar-refractivity contribution in [1.29, 1.82) is 0 Å². The first kappa shape index (κ1) is 24.2. The van der Waals surface area contributed by atoms with Gasteiger partial charge in [-0.3, -0.25) is 4.79 Å². The molecule has 0 bridgehead atoms. The van der Waals surface area contributed by atoms with Gasteiger partial charge in [-0.05, 0) is 106 Å². The van der Waals surface area contributed by atoms with Gasteiger partial charge in [-0.1, -0.05) is 61.9 Å². The zero-order valence-electron chi connectivity index (χ0n) is 22.4. The maximum absolute atomic E-state index is 13.3. The van der Waals surface area contributed by atoms with Crippen molar-refractivity contribution in [2.75, 3.05) is 0 Å². The Balaban J connectivity index is 1.38. The van der Waals surface area contributed by atoms with Crippen LogP contribution in [-0.4, -0.2) is 4.57 Å². The largest absolute Gasteiger partial charge is 0.457 e. The number of nitrogens with zero attached hydrogens (tertiary/aromatic N) is 1. The zero-order valence-corrected chi connectivity index (χ0v) is 22.4. The number of hydrogen-bond donors (Lipinski definition) is 0. The van der Waals surface area contributed by atoms with Crippen molar-refractivity contribution in [1.82, 2.24) is 4.57 Å². The van der Waals surface area contributed by atoms with E-state index in [9.17, 15) is 4.79 Å². The predicted molar refractivity (Wildman–Crippen MR) is 167 cm³/mol. The van der Waals surface area contributed by atoms with E-state index < -0.39 is 0 Å². The Labute approximate surface area is 232 Å². The number of unbranched alkanes of at least 4 members (excludes halogenated alkanes) is 1. The first-order chi connectivity index (χ1) is 19.7. The monoisotopic (exact) mass is 519 g/mol. The summed E-state index contributed by atoms with van der Waals surface area (Å²) < 4.78 is 8.36. The summed E-state index contributed by atoms with van der Waals surface area (Å²) in [7, 11) is 0. The fourth-order valence-corrected chi connectivity index (χ4v) is 5.71. The number of hydrogen-bond acceptors (Lipinski definition) is 2. The van der Waals surface area contributed by atoms with E-state index in [1.54, 1.807) is 6.07 Å². The average molecular weight is 520 g/mol. The zero-order chi connectivity index (χ0) is 27.1. The minimum Gasteiger partial charge on any atom is -0.457 e. The fourth-order valence-electron chi connectivity index (χ4n) is 5.71. The van der Waals surface area contributed by atoms with Crippen LogP contribution in [0, 0.1) is 0 Å². The highest BCUT2D eigenvalue weighted by Crippen LogP contribution is 2.35. The lowest BCUT2D eigenvalue weighted by Crippen LogP contribution is -2.07. The Morgan fingerprint density at radius 2 is 1.43 bits per heavy atom. The average Bonchev–Trinajstić information content (AvgIpc) is 2.99. The topological polar surface area (TPSA) is 31.2 Å². The van der Waals surface area contributed by atoms with Gasteiger partial charge in [-0.15, -0.1) is 0 Å². The Bertz CT molecular complexity index is 2070. The summed E-state index contributed by atoms with van der Waals surface area (Å²) in [6.07, 6.45) is 5.36. The number of aryl methyl sites for hydroxylation is 1. The molecule has 194 valence electrons. The van der Waals surface area contributed by atoms with E-state index in [2.05, 4.69) is 78.2 Å². The maximum atomic E-state index is 13.3. The number of fused-ring (bicyclic) bond motifs is 5. The van der Waals surface area contributed by atoms with Crippen molar-refractivity contribution in [3.05, 3.63) is 137 Å². The number of aromatic nitrogens is 1. The highest BCUT2D eigenvalue weighted by molar-refractivity contribution is 6.13. The van der Waals surface area contributed by atoms with E-state index in [1.165, 1.54) is 18.4 Å². The van der Waals surface area contributed by atoms with Crippen LogP contribution >= 0.6 is 0 Å². The van der Waals surface area contributed by atoms with Crippen LogP contribution in [0.5, 0.6) is 11.5 Å². The number of rotatable bonds is 6. The number of para-hydroxylation sites is 1. The second kappa shape index (κ2) is 10.0. The number of benzene rings is 6. The summed E-state index contributed by atoms with van der Waals surface area (Å²) in [5.74, 6) is 1.64. The van der Waals surface area contributed by atoms with Crippen LogP contribution < -0.4 is 10.2 Å². The minimum atomic E-state index is 0.0371. The van der Waals surface area contributed by atoms with Gasteiger partial charge in [0.25, 0.3) is 0 Å². The first-order valence-electron chi connectivity index (χ1n) is 13.9. The molecule has 0 unspecified atom stereocenters. The second-order valence-corrected chi connectivity index (χ2v) is 10.4.